The van der Waals surface area contributed by atoms with Crippen LogP contribution in [0.5, 0.6) is 0 Å². The molecule has 8 nitrogen and oxygen atoms in total. The number of fused-ring (bicyclic) bond motifs is 1. The normalized spacial score (nSPS) is 20.4. The summed E-state index contributed by atoms with van der Waals surface area (Å²) in [7, 11) is -1.87. The summed E-state index contributed by atoms with van der Waals surface area (Å²) >= 11 is 6.06. The number of carbonyl (C=O) groups is 1. The smallest absolute Gasteiger partial charge is 0.252 e. The third-order valence-electron chi connectivity index (χ3n) is 7.22. The summed E-state index contributed by atoms with van der Waals surface area (Å²) in [6.45, 7) is 3.76. The number of hydrazine groups is 1. The summed E-state index contributed by atoms with van der Waals surface area (Å²) in [5, 5.41) is 6.03. The van der Waals surface area contributed by atoms with E-state index in [9.17, 15) is 13.2 Å². The van der Waals surface area contributed by atoms with Crippen LogP contribution in [0, 0.1) is 0 Å². The lowest BCUT2D eigenvalue weighted by atomic mass is 10.0. The second-order valence-electron chi connectivity index (χ2n) is 9.54. The molecule has 5 rings (SSSR count). The monoisotopic (exact) mass is 527 g/mol. The molecule has 0 radical (unpaired) electrons. The van der Waals surface area contributed by atoms with Crippen molar-refractivity contribution in [3.63, 3.8) is 0 Å². The van der Waals surface area contributed by atoms with Crippen molar-refractivity contribution in [3.8, 4) is 0 Å². The van der Waals surface area contributed by atoms with Crippen LogP contribution in [0.3, 0.4) is 0 Å². The fourth-order valence-corrected chi connectivity index (χ4v) is 7.00. The highest BCUT2D eigenvalue weighted by Gasteiger charge is 2.40. The number of nitrogens with zero attached hydrogens (tertiary/aromatic N) is 5. The molecule has 1 aromatic heterocycles. The van der Waals surface area contributed by atoms with Crippen LogP contribution in [-0.4, -0.2) is 78.9 Å². The van der Waals surface area contributed by atoms with Crippen molar-refractivity contribution in [1.29, 1.82) is 0 Å². The first-order valence-corrected chi connectivity index (χ1v) is 13.9. The predicted molar refractivity (Wildman–Crippen MR) is 141 cm³/mol. The zero-order valence-corrected chi connectivity index (χ0v) is 22.0. The van der Waals surface area contributed by atoms with Gasteiger partial charge in [-0.1, -0.05) is 23.7 Å². The van der Waals surface area contributed by atoms with Gasteiger partial charge >= 0.3 is 0 Å². The molecule has 2 aliphatic rings. The minimum atomic E-state index is -3.82. The Morgan fingerprint density at radius 3 is 2.36 bits per heavy atom. The van der Waals surface area contributed by atoms with Crippen LogP contribution in [0.25, 0.3) is 10.8 Å². The van der Waals surface area contributed by atoms with Crippen molar-refractivity contribution >= 4 is 44.0 Å². The Morgan fingerprint density at radius 2 is 1.67 bits per heavy atom. The molecular weight excluding hydrogens is 498 g/mol. The van der Waals surface area contributed by atoms with Crippen LogP contribution in [0.1, 0.15) is 19.8 Å². The van der Waals surface area contributed by atoms with Crippen LogP contribution >= 0.6 is 11.6 Å². The predicted octanol–water partition coefficient (Wildman–Crippen LogP) is 3.63. The van der Waals surface area contributed by atoms with Crippen LogP contribution in [-0.2, 0) is 14.8 Å². The maximum atomic E-state index is 13.4. The Bertz CT molecular complexity index is 1360. The van der Waals surface area contributed by atoms with Gasteiger partial charge in [-0.15, -0.1) is 0 Å². The number of rotatable bonds is 5. The third kappa shape index (κ3) is 4.80. The highest BCUT2D eigenvalue weighted by Crippen LogP contribution is 2.28. The number of sulfonamides is 1. The number of piperidine rings is 1. The molecule has 1 amide bonds. The maximum absolute atomic E-state index is 13.4. The Hall–Kier alpha value is -2.72. The van der Waals surface area contributed by atoms with E-state index in [0.29, 0.717) is 5.02 Å². The summed E-state index contributed by atoms with van der Waals surface area (Å²) in [5.74, 6) is -0.205. The number of aromatic nitrogens is 1. The molecule has 2 aliphatic heterocycles. The first kappa shape index (κ1) is 25.0. The first-order chi connectivity index (χ1) is 17.2. The van der Waals surface area contributed by atoms with Gasteiger partial charge in [0.05, 0.1) is 17.5 Å². The van der Waals surface area contributed by atoms with Gasteiger partial charge in [0.2, 0.25) is 10.0 Å². The summed E-state index contributed by atoms with van der Waals surface area (Å²) in [6.07, 6.45) is 5.43. The molecule has 2 fully saturated rings. The number of hydrogen-bond acceptors (Lipinski definition) is 6. The maximum Gasteiger partial charge on any atom is 0.252 e. The van der Waals surface area contributed by atoms with Gasteiger partial charge in [0.25, 0.3) is 5.91 Å². The van der Waals surface area contributed by atoms with E-state index in [4.69, 9.17) is 11.6 Å². The van der Waals surface area contributed by atoms with Gasteiger partial charge in [0.15, 0.2) is 0 Å². The van der Waals surface area contributed by atoms with E-state index in [0.717, 1.165) is 42.4 Å². The molecule has 2 saturated heterocycles. The van der Waals surface area contributed by atoms with Gasteiger partial charge in [-0.3, -0.25) is 14.8 Å². The molecule has 0 aliphatic carbocycles. The van der Waals surface area contributed by atoms with Gasteiger partial charge in [-0.25, -0.2) is 13.4 Å². The number of halogens is 1. The quantitative estimate of drug-likeness (QED) is 0.504. The lowest BCUT2D eigenvalue weighted by Gasteiger charge is -2.47. The standard InChI is InChI=1S/C26H30ClN5O3S/c1-19-17-31(36(34,35)25-6-4-20-15-22(27)5-3-21(20)16-25)18-26(33)32(19)29(2)23-9-13-30(14-10-23)24-7-11-28-12-8-24/h3-8,11-12,15-16,19,23H,9-10,13-14,17-18H2,1-2H3. The molecule has 190 valence electrons. The zero-order valence-electron chi connectivity index (χ0n) is 20.4. The first-order valence-electron chi connectivity index (χ1n) is 12.1. The summed E-state index contributed by atoms with van der Waals surface area (Å²) < 4.78 is 28.2. The topological polar surface area (TPSA) is 77.1 Å². The molecule has 3 aromatic rings. The Morgan fingerprint density at radius 1 is 1.00 bits per heavy atom. The van der Waals surface area contributed by atoms with Gasteiger partial charge in [0, 0.05) is 55.8 Å². The number of hydrogen-bond donors (Lipinski definition) is 0. The molecule has 0 spiro atoms. The molecule has 0 bridgehead atoms. The molecule has 3 heterocycles. The second-order valence-corrected chi connectivity index (χ2v) is 11.9. The highest BCUT2D eigenvalue weighted by molar-refractivity contribution is 7.89. The van der Waals surface area contributed by atoms with Crippen molar-refractivity contribution in [2.45, 2.75) is 36.7 Å². The van der Waals surface area contributed by atoms with Crippen LogP contribution in [0.15, 0.2) is 65.8 Å². The van der Waals surface area contributed by atoms with Crippen molar-refractivity contribution < 1.29 is 13.2 Å². The molecule has 2 aromatic carbocycles. The number of piperazine rings is 1. The lowest BCUT2D eigenvalue weighted by molar-refractivity contribution is -0.163. The fraction of sp³-hybridized carbons (Fsp3) is 0.385. The summed E-state index contributed by atoms with van der Waals surface area (Å²) in [6, 6.07) is 14.3. The molecule has 36 heavy (non-hydrogen) atoms. The lowest BCUT2D eigenvalue weighted by Crippen LogP contribution is -2.64. The Labute approximate surface area is 217 Å². The van der Waals surface area contributed by atoms with Gasteiger partial charge in [0.1, 0.15) is 0 Å². The number of anilines is 1. The number of amides is 1. The number of benzene rings is 2. The molecule has 1 atom stereocenters. The van der Waals surface area contributed by atoms with Crippen LogP contribution < -0.4 is 4.90 Å². The van der Waals surface area contributed by atoms with E-state index < -0.39 is 10.0 Å². The summed E-state index contributed by atoms with van der Waals surface area (Å²) in [5.41, 5.74) is 1.16. The van der Waals surface area contributed by atoms with E-state index in [1.807, 2.05) is 31.1 Å². The second kappa shape index (κ2) is 9.97. The van der Waals surface area contributed by atoms with Crippen molar-refractivity contribution in [2.75, 3.05) is 38.1 Å². The van der Waals surface area contributed by atoms with E-state index in [2.05, 4.69) is 9.88 Å². The highest BCUT2D eigenvalue weighted by atomic mass is 35.5. The van der Waals surface area contributed by atoms with Crippen molar-refractivity contribution in [3.05, 3.63) is 65.9 Å². The van der Waals surface area contributed by atoms with Gasteiger partial charge < -0.3 is 4.90 Å². The Balaban J connectivity index is 1.26. The van der Waals surface area contributed by atoms with Crippen molar-refractivity contribution in [2.24, 2.45) is 0 Å². The van der Waals surface area contributed by atoms with E-state index in [1.165, 1.54) is 4.31 Å². The van der Waals surface area contributed by atoms with E-state index >= 15 is 0 Å². The minimum absolute atomic E-state index is 0.175. The largest absolute Gasteiger partial charge is 0.371 e. The molecule has 0 saturated carbocycles. The fourth-order valence-electron chi connectivity index (χ4n) is 5.31. The Kier molecular flexibility index (Phi) is 6.91. The van der Waals surface area contributed by atoms with Crippen molar-refractivity contribution in [1.82, 2.24) is 19.3 Å². The third-order valence-corrected chi connectivity index (χ3v) is 9.27. The van der Waals surface area contributed by atoms with E-state index in [-0.39, 0.29) is 36.0 Å². The SMILES string of the molecule is CC1CN(S(=O)(=O)c2ccc3cc(Cl)ccc3c2)CC(=O)N1N(C)C1CCN(c2ccncc2)CC1. The van der Waals surface area contributed by atoms with Crippen LogP contribution in [0.2, 0.25) is 5.02 Å². The summed E-state index contributed by atoms with van der Waals surface area (Å²) in [4.78, 5) is 19.9. The molecular formula is C26H30ClN5O3S. The van der Waals surface area contributed by atoms with Gasteiger partial charge in [-0.05, 0) is 66.9 Å². The number of carbonyl (C=O) groups excluding carboxylic acids is 1. The average molecular weight is 528 g/mol. The van der Waals surface area contributed by atoms with E-state index in [1.54, 1.807) is 53.8 Å². The number of pyridine rings is 1. The molecule has 1 unspecified atom stereocenters. The zero-order chi connectivity index (χ0) is 25.4. The average Bonchev–Trinajstić information content (AvgIpc) is 2.88. The van der Waals surface area contributed by atoms with Crippen LogP contribution in [0.4, 0.5) is 5.69 Å². The minimum Gasteiger partial charge on any atom is -0.371 e. The molecule has 0 N–H and O–H groups in total. The van der Waals surface area contributed by atoms with Gasteiger partial charge in [-0.2, -0.15) is 4.31 Å². The molecule has 10 heteroatoms.